The minimum absolute atomic E-state index is 0.387. The predicted octanol–water partition coefficient (Wildman–Crippen LogP) is 2.71. The maximum Gasteiger partial charge on any atom is 0.136 e. The first-order valence-corrected chi connectivity index (χ1v) is 5.07. The first-order chi connectivity index (χ1) is 5.88. The van der Waals surface area contributed by atoms with Crippen molar-refractivity contribution in [3.63, 3.8) is 0 Å². The van der Waals surface area contributed by atoms with E-state index in [-0.39, 0.29) is 0 Å². The minimum Gasteiger partial charge on any atom is -0.299 e. The molecule has 66 valence electrons. The lowest BCUT2D eigenvalue weighted by molar-refractivity contribution is -0.123. The van der Waals surface area contributed by atoms with Gasteiger partial charge < -0.3 is 0 Å². The summed E-state index contributed by atoms with van der Waals surface area (Å²) in [6, 6.07) is 0. The molecule has 12 heavy (non-hydrogen) atoms. The molecule has 0 saturated heterocycles. The predicted molar refractivity (Wildman–Crippen MR) is 48.8 cm³/mol. The highest BCUT2D eigenvalue weighted by molar-refractivity contribution is 5.81. The van der Waals surface area contributed by atoms with Crippen molar-refractivity contribution < 1.29 is 4.79 Å². The van der Waals surface area contributed by atoms with Crippen LogP contribution in [0, 0.1) is 11.8 Å². The first-order valence-electron chi connectivity index (χ1n) is 5.07. The van der Waals surface area contributed by atoms with Gasteiger partial charge in [0.25, 0.3) is 0 Å². The normalized spacial score (nSPS) is 35.8. The fraction of sp³-hybridized carbons (Fsp3) is 0.727. The van der Waals surface area contributed by atoms with Crippen LogP contribution in [-0.4, -0.2) is 5.78 Å². The Bertz CT molecular complexity index is 205. The average molecular weight is 164 g/mol. The molecule has 0 N–H and O–H groups in total. The zero-order chi connectivity index (χ0) is 8.39. The van der Waals surface area contributed by atoms with Crippen LogP contribution in [0.4, 0.5) is 0 Å². The minimum atomic E-state index is 0.387. The molecule has 2 aliphatic carbocycles. The van der Waals surface area contributed by atoms with Gasteiger partial charge in [0, 0.05) is 12.3 Å². The number of Topliss-reactive ketones (excluding diaryl/α,β-unsaturated/α-hetero) is 1. The molecule has 1 fully saturated rings. The van der Waals surface area contributed by atoms with Gasteiger partial charge in [0.2, 0.25) is 0 Å². The van der Waals surface area contributed by atoms with Gasteiger partial charge in [-0.25, -0.2) is 0 Å². The highest BCUT2D eigenvalue weighted by Crippen LogP contribution is 2.33. The van der Waals surface area contributed by atoms with Crippen LogP contribution in [0.1, 0.15) is 38.5 Å². The van der Waals surface area contributed by atoms with Gasteiger partial charge in [-0.05, 0) is 31.6 Å². The Morgan fingerprint density at radius 3 is 3.08 bits per heavy atom. The van der Waals surface area contributed by atoms with E-state index in [1.165, 1.54) is 12.8 Å². The maximum atomic E-state index is 11.6. The Hall–Kier alpha value is -0.590. The molecule has 0 aliphatic heterocycles. The van der Waals surface area contributed by atoms with Gasteiger partial charge >= 0.3 is 0 Å². The molecule has 2 rings (SSSR count). The van der Waals surface area contributed by atoms with Gasteiger partial charge in [0.1, 0.15) is 5.78 Å². The molecule has 0 aromatic carbocycles. The van der Waals surface area contributed by atoms with E-state index < -0.39 is 0 Å². The topological polar surface area (TPSA) is 17.1 Å². The molecule has 0 unspecified atom stereocenters. The van der Waals surface area contributed by atoms with Crippen molar-refractivity contribution in [2.24, 2.45) is 11.8 Å². The van der Waals surface area contributed by atoms with Crippen LogP contribution < -0.4 is 0 Å². The lowest BCUT2D eigenvalue weighted by atomic mass is 9.80. The summed E-state index contributed by atoms with van der Waals surface area (Å²) in [5.74, 6) is 1.51. The van der Waals surface area contributed by atoms with Gasteiger partial charge in [-0.3, -0.25) is 4.79 Å². The van der Waals surface area contributed by atoms with Gasteiger partial charge in [-0.2, -0.15) is 0 Å². The van der Waals surface area contributed by atoms with E-state index in [2.05, 4.69) is 12.2 Å². The van der Waals surface area contributed by atoms with E-state index in [4.69, 9.17) is 0 Å². The van der Waals surface area contributed by atoms with Crippen LogP contribution in [0.3, 0.4) is 0 Å². The van der Waals surface area contributed by atoms with E-state index in [0.29, 0.717) is 17.6 Å². The Morgan fingerprint density at radius 2 is 2.17 bits per heavy atom. The summed E-state index contributed by atoms with van der Waals surface area (Å²) in [5.41, 5.74) is 0. The van der Waals surface area contributed by atoms with E-state index in [1.54, 1.807) is 0 Å². The molecule has 0 radical (unpaired) electrons. The largest absolute Gasteiger partial charge is 0.299 e. The number of rotatable bonds is 0. The summed E-state index contributed by atoms with van der Waals surface area (Å²) in [4.78, 5) is 11.6. The molecule has 1 heteroatoms. The van der Waals surface area contributed by atoms with Crippen LogP contribution in [0.15, 0.2) is 12.2 Å². The van der Waals surface area contributed by atoms with E-state index in [1.807, 2.05) is 0 Å². The van der Waals surface area contributed by atoms with Crippen molar-refractivity contribution in [3.05, 3.63) is 12.2 Å². The van der Waals surface area contributed by atoms with Crippen molar-refractivity contribution in [1.29, 1.82) is 0 Å². The Kier molecular flexibility index (Phi) is 2.29. The number of allylic oxidation sites excluding steroid dienone is 2. The molecule has 2 aliphatic rings. The van der Waals surface area contributed by atoms with Crippen LogP contribution >= 0.6 is 0 Å². The third-order valence-electron chi connectivity index (χ3n) is 3.17. The third kappa shape index (κ3) is 1.45. The number of carbonyl (C=O) groups excluding carboxylic acids is 1. The van der Waals surface area contributed by atoms with Crippen molar-refractivity contribution in [3.8, 4) is 0 Å². The van der Waals surface area contributed by atoms with E-state index in [9.17, 15) is 4.79 Å². The van der Waals surface area contributed by atoms with Crippen molar-refractivity contribution in [1.82, 2.24) is 0 Å². The van der Waals surface area contributed by atoms with Crippen molar-refractivity contribution >= 4 is 5.78 Å². The highest BCUT2D eigenvalue weighted by Gasteiger charge is 2.29. The molecular weight excluding hydrogens is 148 g/mol. The average Bonchev–Trinajstić information content (AvgIpc) is 2.29. The van der Waals surface area contributed by atoms with E-state index in [0.717, 1.165) is 25.7 Å². The smallest absolute Gasteiger partial charge is 0.136 e. The Labute approximate surface area is 73.8 Å². The molecule has 0 spiro atoms. The molecule has 0 aromatic rings. The summed E-state index contributed by atoms with van der Waals surface area (Å²) in [6.07, 6.45) is 11.2. The summed E-state index contributed by atoms with van der Waals surface area (Å²) in [5, 5.41) is 0. The zero-order valence-corrected chi connectivity index (χ0v) is 7.46. The van der Waals surface area contributed by atoms with Crippen molar-refractivity contribution in [2.45, 2.75) is 38.5 Å². The van der Waals surface area contributed by atoms with Gasteiger partial charge in [-0.15, -0.1) is 0 Å². The lowest BCUT2D eigenvalue weighted by Gasteiger charge is -2.23. The number of fused-ring (bicyclic) bond motifs is 1. The second-order valence-corrected chi connectivity index (χ2v) is 3.99. The molecule has 1 nitrogen and oxygen atoms in total. The summed E-state index contributed by atoms with van der Waals surface area (Å²) >= 11 is 0. The molecular formula is C11H16O. The quantitative estimate of drug-likeness (QED) is 0.503. The number of hydrogen-bond acceptors (Lipinski definition) is 1. The molecule has 0 bridgehead atoms. The fourth-order valence-corrected chi connectivity index (χ4v) is 2.46. The fourth-order valence-electron chi connectivity index (χ4n) is 2.46. The summed E-state index contributed by atoms with van der Waals surface area (Å²) in [6.45, 7) is 0. The monoisotopic (exact) mass is 164 g/mol. The molecule has 0 amide bonds. The summed E-state index contributed by atoms with van der Waals surface area (Å²) in [7, 11) is 0. The molecule has 2 atom stereocenters. The third-order valence-corrected chi connectivity index (χ3v) is 3.17. The lowest BCUT2D eigenvalue weighted by Crippen LogP contribution is -2.22. The van der Waals surface area contributed by atoms with E-state index >= 15 is 0 Å². The second kappa shape index (κ2) is 3.42. The molecule has 0 heterocycles. The Morgan fingerprint density at radius 1 is 1.25 bits per heavy atom. The van der Waals surface area contributed by atoms with Crippen LogP contribution in [0.2, 0.25) is 0 Å². The molecule has 1 saturated carbocycles. The first kappa shape index (κ1) is 8.03. The molecule has 0 aromatic heterocycles. The van der Waals surface area contributed by atoms with Crippen molar-refractivity contribution in [2.75, 3.05) is 0 Å². The van der Waals surface area contributed by atoms with Gasteiger partial charge in [0.05, 0.1) is 0 Å². The van der Waals surface area contributed by atoms with Gasteiger partial charge in [-0.1, -0.05) is 18.6 Å². The zero-order valence-electron chi connectivity index (χ0n) is 7.46. The second-order valence-electron chi connectivity index (χ2n) is 3.99. The summed E-state index contributed by atoms with van der Waals surface area (Å²) < 4.78 is 0. The number of ketones is 1. The van der Waals surface area contributed by atoms with Gasteiger partial charge in [0.15, 0.2) is 0 Å². The number of carbonyl (C=O) groups is 1. The highest BCUT2D eigenvalue weighted by atomic mass is 16.1. The SMILES string of the molecule is O=C1CCCC[C@H]2C=CCC[C@@H]12. The maximum absolute atomic E-state index is 11.6. The van der Waals surface area contributed by atoms with Crippen LogP contribution in [0.5, 0.6) is 0 Å². The Balaban J connectivity index is 2.14. The van der Waals surface area contributed by atoms with Crippen LogP contribution in [-0.2, 0) is 4.79 Å². The van der Waals surface area contributed by atoms with Crippen LogP contribution in [0.25, 0.3) is 0 Å². The number of hydrogen-bond donors (Lipinski definition) is 0. The standard InChI is InChI=1S/C11H16O/c12-11-8-4-2-6-9-5-1-3-7-10(9)11/h1,5,9-10H,2-4,6-8H2/t9-,10-/m1/s1.